The highest BCUT2D eigenvalue weighted by Crippen LogP contribution is 1.94. The van der Waals surface area contributed by atoms with E-state index < -0.39 is 11.7 Å². The van der Waals surface area contributed by atoms with Gasteiger partial charge in [-0.3, -0.25) is 9.78 Å². The highest BCUT2D eigenvalue weighted by atomic mass is 16.4. The van der Waals surface area contributed by atoms with Crippen LogP contribution in [-0.4, -0.2) is 35.8 Å². The van der Waals surface area contributed by atoms with E-state index in [2.05, 4.69) is 20.1 Å². The quantitative estimate of drug-likeness (QED) is 0.685. The molecule has 2 heterocycles. The lowest BCUT2D eigenvalue weighted by molar-refractivity contribution is -0.136. The van der Waals surface area contributed by atoms with Crippen molar-refractivity contribution in [3.63, 3.8) is 0 Å². The van der Waals surface area contributed by atoms with Gasteiger partial charge in [-0.15, -0.1) is 9.78 Å². The SMILES string of the molecule is O=C(O)Cc1nn(-c2ncccn2)c(=O)[nH]1. The van der Waals surface area contributed by atoms with Gasteiger partial charge in [0.25, 0.3) is 5.95 Å². The highest BCUT2D eigenvalue weighted by molar-refractivity contribution is 5.68. The van der Waals surface area contributed by atoms with Crippen molar-refractivity contribution in [3.05, 3.63) is 34.8 Å². The molecule has 0 radical (unpaired) electrons. The second-order valence-corrected chi connectivity index (χ2v) is 2.91. The minimum Gasteiger partial charge on any atom is -0.481 e. The van der Waals surface area contributed by atoms with Crippen molar-refractivity contribution in [3.8, 4) is 5.95 Å². The van der Waals surface area contributed by atoms with Gasteiger partial charge in [-0.25, -0.2) is 14.8 Å². The van der Waals surface area contributed by atoms with Crippen molar-refractivity contribution in [2.24, 2.45) is 0 Å². The number of aromatic nitrogens is 5. The number of H-pyrrole nitrogens is 1. The summed E-state index contributed by atoms with van der Waals surface area (Å²) in [4.78, 5) is 31.8. The van der Waals surface area contributed by atoms with Crippen LogP contribution in [0.25, 0.3) is 5.95 Å². The highest BCUT2D eigenvalue weighted by Gasteiger charge is 2.11. The summed E-state index contributed by atoms with van der Waals surface area (Å²) < 4.78 is 0.915. The smallest absolute Gasteiger partial charge is 0.350 e. The van der Waals surface area contributed by atoms with Crippen LogP contribution in [0.15, 0.2) is 23.3 Å². The molecular weight excluding hydrogens is 214 g/mol. The lowest BCUT2D eigenvalue weighted by Crippen LogP contribution is -2.18. The van der Waals surface area contributed by atoms with E-state index in [9.17, 15) is 9.59 Å². The second-order valence-electron chi connectivity index (χ2n) is 2.91. The number of aliphatic carboxylic acids is 1. The van der Waals surface area contributed by atoms with Gasteiger partial charge >= 0.3 is 11.7 Å². The van der Waals surface area contributed by atoms with E-state index in [1.54, 1.807) is 6.07 Å². The molecule has 0 saturated carbocycles. The Kier molecular flexibility index (Phi) is 2.46. The Balaban J connectivity index is 2.40. The fraction of sp³-hybridized carbons (Fsp3) is 0.125. The van der Waals surface area contributed by atoms with Crippen molar-refractivity contribution in [1.82, 2.24) is 24.7 Å². The van der Waals surface area contributed by atoms with Crippen LogP contribution in [0.1, 0.15) is 5.82 Å². The van der Waals surface area contributed by atoms with Crippen molar-refractivity contribution in [1.29, 1.82) is 0 Å². The van der Waals surface area contributed by atoms with Crippen LogP contribution in [0.2, 0.25) is 0 Å². The third kappa shape index (κ3) is 1.95. The van der Waals surface area contributed by atoms with Crippen LogP contribution < -0.4 is 5.69 Å². The first-order valence-electron chi connectivity index (χ1n) is 4.34. The molecule has 2 rings (SSSR count). The van der Waals surface area contributed by atoms with Crippen molar-refractivity contribution >= 4 is 5.97 Å². The summed E-state index contributed by atoms with van der Waals surface area (Å²) in [6.45, 7) is 0. The molecule has 0 spiro atoms. The van der Waals surface area contributed by atoms with Gasteiger partial charge < -0.3 is 5.11 Å². The van der Waals surface area contributed by atoms with Gasteiger partial charge in [0, 0.05) is 12.4 Å². The predicted octanol–water partition coefficient (Wildman–Crippen LogP) is -1.02. The maximum Gasteiger partial charge on any atom is 0.350 e. The molecule has 0 saturated heterocycles. The summed E-state index contributed by atoms with van der Waals surface area (Å²) >= 11 is 0. The third-order valence-electron chi connectivity index (χ3n) is 1.72. The molecule has 2 N–H and O–H groups in total. The number of carboxylic acids is 1. The van der Waals surface area contributed by atoms with Gasteiger partial charge in [-0.2, -0.15) is 0 Å². The van der Waals surface area contributed by atoms with E-state index >= 15 is 0 Å². The van der Waals surface area contributed by atoms with Crippen LogP contribution >= 0.6 is 0 Å². The zero-order chi connectivity index (χ0) is 11.5. The Morgan fingerprint density at radius 2 is 2.12 bits per heavy atom. The Morgan fingerprint density at radius 3 is 2.75 bits per heavy atom. The van der Waals surface area contributed by atoms with E-state index in [0.29, 0.717) is 0 Å². The van der Waals surface area contributed by atoms with Crippen molar-refractivity contribution < 1.29 is 9.90 Å². The van der Waals surface area contributed by atoms with Gasteiger partial charge in [0.05, 0.1) is 0 Å². The average molecular weight is 221 g/mol. The molecule has 0 atom stereocenters. The van der Waals surface area contributed by atoms with Crippen molar-refractivity contribution in [2.45, 2.75) is 6.42 Å². The fourth-order valence-electron chi connectivity index (χ4n) is 1.13. The molecule has 0 bridgehead atoms. The zero-order valence-electron chi connectivity index (χ0n) is 7.99. The lowest BCUT2D eigenvalue weighted by atomic mass is 10.4. The molecule has 2 aromatic rings. The first kappa shape index (κ1) is 10.0. The van der Waals surface area contributed by atoms with Crippen LogP contribution in [0, 0.1) is 0 Å². The number of carboxylic acid groups (broad SMARTS) is 1. The first-order chi connectivity index (χ1) is 7.66. The Morgan fingerprint density at radius 1 is 1.44 bits per heavy atom. The maximum absolute atomic E-state index is 11.4. The number of nitrogens with zero attached hydrogens (tertiary/aromatic N) is 4. The van der Waals surface area contributed by atoms with Gasteiger partial charge in [0.2, 0.25) is 0 Å². The minimum absolute atomic E-state index is 0.0601. The summed E-state index contributed by atoms with van der Waals surface area (Å²) in [6.07, 6.45) is 2.57. The molecule has 0 unspecified atom stereocenters. The summed E-state index contributed by atoms with van der Waals surface area (Å²) in [7, 11) is 0. The van der Waals surface area contributed by atoms with E-state index in [4.69, 9.17) is 5.11 Å². The molecule has 0 aliphatic carbocycles. The molecular formula is C8H7N5O3. The molecule has 0 fully saturated rings. The lowest BCUT2D eigenvalue weighted by Gasteiger charge is -1.94. The molecule has 0 aliphatic heterocycles. The van der Waals surface area contributed by atoms with Crippen LogP contribution in [0.3, 0.4) is 0 Å². The monoisotopic (exact) mass is 221 g/mol. The van der Waals surface area contributed by atoms with E-state index in [1.807, 2.05) is 0 Å². The fourth-order valence-corrected chi connectivity index (χ4v) is 1.13. The van der Waals surface area contributed by atoms with Crippen LogP contribution in [0.4, 0.5) is 0 Å². The Bertz CT molecular complexity index is 559. The molecule has 2 aromatic heterocycles. The topological polar surface area (TPSA) is 114 Å². The van der Waals surface area contributed by atoms with Gasteiger partial charge in [0.1, 0.15) is 12.2 Å². The van der Waals surface area contributed by atoms with E-state index in [0.717, 1.165) is 4.68 Å². The molecule has 8 heteroatoms. The second kappa shape index (κ2) is 3.93. The molecule has 16 heavy (non-hydrogen) atoms. The van der Waals surface area contributed by atoms with E-state index in [-0.39, 0.29) is 18.2 Å². The summed E-state index contributed by atoms with van der Waals surface area (Å²) in [5.74, 6) is -0.916. The average Bonchev–Trinajstić information content (AvgIpc) is 2.60. The zero-order valence-corrected chi connectivity index (χ0v) is 7.99. The van der Waals surface area contributed by atoms with E-state index in [1.165, 1.54) is 12.4 Å². The number of nitrogens with one attached hydrogen (secondary N) is 1. The van der Waals surface area contributed by atoms with Crippen LogP contribution in [0.5, 0.6) is 0 Å². The molecule has 0 amide bonds. The first-order valence-corrected chi connectivity index (χ1v) is 4.34. The molecule has 0 aliphatic rings. The molecule has 8 nitrogen and oxygen atoms in total. The largest absolute Gasteiger partial charge is 0.481 e. The summed E-state index contributed by atoms with van der Waals surface area (Å²) in [5, 5.41) is 12.3. The number of aromatic amines is 1. The normalized spacial score (nSPS) is 10.2. The predicted molar refractivity (Wildman–Crippen MR) is 51.1 cm³/mol. The maximum atomic E-state index is 11.4. The van der Waals surface area contributed by atoms with Crippen molar-refractivity contribution in [2.75, 3.05) is 0 Å². The number of hydrogen-bond donors (Lipinski definition) is 2. The molecule has 82 valence electrons. The minimum atomic E-state index is -1.07. The Hall–Kier alpha value is -2.51. The summed E-state index contributed by atoms with van der Waals surface area (Å²) in [6, 6.07) is 1.60. The van der Waals surface area contributed by atoms with Gasteiger partial charge in [0.15, 0.2) is 0 Å². The molecule has 0 aromatic carbocycles. The Labute approximate surface area is 88.6 Å². The van der Waals surface area contributed by atoms with Crippen LogP contribution in [-0.2, 0) is 11.2 Å². The van der Waals surface area contributed by atoms with Gasteiger partial charge in [-0.1, -0.05) is 0 Å². The standard InChI is InChI=1S/C8H7N5O3/c14-6(15)4-5-11-8(16)13(12-5)7-9-2-1-3-10-7/h1-3H,4H2,(H,14,15)(H,11,12,16). The number of hydrogen-bond acceptors (Lipinski definition) is 5. The third-order valence-corrected chi connectivity index (χ3v) is 1.72. The van der Waals surface area contributed by atoms with Gasteiger partial charge in [-0.05, 0) is 6.07 Å². The summed E-state index contributed by atoms with van der Waals surface area (Å²) in [5.41, 5.74) is -0.567. The number of rotatable bonds is 3. The number of carbonyl (C=O) groups is 1.